The lowest BCUT2D eigenvalue weighted by atomic mass is 9.92. The smallest absolute Gasteiger partial charge is 0.0645 e. The lowest BCUT2D eigenvalue weighted by Gasteiger charge is -2.35. The summed E-state index contributed by atoms with van der Waals surface area (Å²) in [6, 6.07) is 6.70. The Balaban J connectivity index is 1.69. The van der Waals surface area contributed by atoms with Crippen molar-refractivity contribution in [3.8, 4) is 0 Å². The number of fused-ring (bicyclic) bond motifs is 1. The summed E-state index contributed by atoms with van der Waals surface area (Å²) in [6.45, 7) is 7.12. The van der Waals surface area contributed by atoms with E-state index < -0.39 is 0 Å². The van der Waals surface area contributed by atoms with Gasteiger partial charge in [0.05, 0.1) is 6.61 Å². The number of nitrogens with one attached hydrogen (secondary N) is 2. The third-order valence-corrected chi connectivity index (χ3v) is 4.38. The molecule has 3 rings (SSSR count). The highest BCUT2D eigenvalue weighted by Crippen LogP contribution is 2.22. The predicted octanol–water partition coefficient (Wildman–Crippen LogP) is 1.99. The average molecular weight is 260 g/mol. The van der Waals surface area contributed by atoms with Crippen molar-refractivity contribution in [3.05, 3.63) is 34.9 Å². The molecule has 1 aromatic rings. The van der Waals surface area contributed by atoms with Gasteiger partial charge in [-0.3, -0.25) is 0 Å². The zero-order valence-corrected chi connectivity index (χ0v) is 11.8. The van der Waals surface area contributed by atoms with Crippen molar-refractivity contribution in [1.29, 1.82) is 0 Å². The van der Waals surface area contributed by atoms with Crippen molar-refractivity contribution in [3.63, 3.8) is 0 Å². The van der Waals surface area contributed by atoms with Gasteiger partial charge in [0.25, 0.3) is 0 Å². The van der Waals surface area contributed by atoms with Crippen LogP contribution in [0.25, 0.3) is 0 Å². The number of hydrogen-bond acceptors (Lipinski definition) is 3. The number of benzene rings is 1. The Kier molecular flexibility index (Phi) is 3.87. The van der Waals surface area contributed by atoms with E-state index in [1.54, 1.807) is 5.56 Å². The van der Waals surface area contributed by atoms with E-state index in [4.69, 9.17) is 4.74 Å². The Hall–Kier alpha value is -0.900. The van der Waals surface area contributed by atoms with Crippen molar-refractivity contribution in [2.45, 2.75) is 44.8 Å². The van der Waals surface area contributed by atoms with Gasteiger partial charge >= 0.3 is 0 Å². The first kappa shape index (κ1) is 13.1. The SMILES string of the molecule is CC1(NCc2cccc3c2CCNC3)CCCOC1. The van der Waals surface area contributed by atoms with Gasteiger partial charge in [0.15, 0.2) is 0 Å². The highest BCUT2D eigenvalue weighted by molar-refractivity contribution is 5.37. The van der Waals surface area contributed by atoms with Gasteiger partial charge in [-0.2, -0.15) is 0 Å². The Morgan fingerprint density at radius 1 is 1.42 bits per heavy atom. The van der Waals surface area contributed by atoms with E-state index in [1.807, 2.05) is 0 Å². The van der Waals surface area contributed by atoms with Crippen molar-refractivity contribution >= 4 is 0 Å². The van der Waals surface area contributed by atoms with Crippen LogP contribution in [-0.4, -0.2) is 25.3 Å². The van der Waals surface area contributed by atoms with E-state index in [2.05, 4.69) is 35.8 Å². The second-order valence-corrected chi connectivity index (χ2v) is 6.05. The quantitative estimate of drug-likeness (QED) is 0.872. The maximum absolute atomic E-state index is 5.61. The molecule has 1 unspecified atom stereocenters. The topological polar surface area (TPSA) is 33.3 Å². The second-order valence-electron chi connectivity index (χ2n) is 6.05. The maximum Gasteiger partial charge on any atom is 0.0645 e. The third-order valence-electron chi connectivity index (χ3n) is 4.38. The first-order valence-corrected chi connectivity index (χ1v) is 7.40. The molecule has 1 atom stereocenters. The lowest BCUT2D eigenvalue weighted by Crippen LogP contribution is -2.48. The molecule has 0 saturated carbocycles. The third kappa shape index (κ3) is 2.99. The summed E-state index contributed by atoms with van der Waals surface area (Å²) in [4.78, 5) is 0. The van der Waals surface area contributed by atoms with Gasteiger partial charge in [-0.25, -0.2) is 0 Å². The molecule has 0 aromatic heterocycles. The lowest BCUT2D eigenvalue weighted by molar-refractivity contribution is 0.0277. The summed E-state index contributed by atoms with van der Waals surface area (Å²) < 4.78 is 5.61. The molecule has 3 heteroatoms. The van der Waals surface area contributed by atoms with Gasteiger partial charge in [-0.05, 0) is 49.4 Å². The molecule has 0 spiro atoms. The monoisotopic (exact) mass is 260 g/mol. The molecule has 1 saturated heterocycles. The number of hydrogen-bond donors (Lipinski definition) is 2. The summed E-state index contributed by atoms with van der Waals surface area (Å²) in [5, 5.41) is 7.16. The van der Waals surface area contributed by atoms with Crippen LogP contribution in [0.5, 0.6) is 0 Å². The minimum absolute atomic E-state index is 0.147. The molecule has 3 nitrogen and oxygen atoms in total. The van der Waals surface area contributed by atoms with Gasteiger partial charge in [0, 0.05) is 25.2 Å². The molecular weight excluding hydrogens is 236 g/mol. The fourth-order valence-corrected chi connectivity index (χ4v) is 3.16. The van der Waals surface area contributed by atoms with Gasteiger partial charge in [0.1, 0.15) is 0 Å². The molecule has 0 amide bonds. The van der Waals surface area contributed by atoms with E-state index in [0.29, 0.717) is 0 Å². The average Bonchev–Trinajstić information content (AvgIpc) is 2.46. The van der Waals surface area contributed by atoms with E-state index in [-0.39, 0.29) is 5.54 Å². The molecule has 0 aliphatic carbocycles. The molecule has 104 valence electrons. The molecule has 2 aliphatic rings. The summed E-state index contributed by atoms with van der Waals surface area (Å²) in [5.74, 6) is 0. The molecule has 1 aromatic carbocycles. The van der Waals surface area contributed by atoms with E-state index >= 15 is 0 Å². The Morgan fingerprint density at radius 2 is 2.37 bits per heavy atom. The van der Waals surface area contributed by atoms with Crippen LogP contribution in [0.1, 0.15) is 36.5 Å². The zero-order valence-electron chi connectivity index (χ0n) is 11.8. The minimum atomic E-state index is 0.147. The Bertz CT molecular complexity index is 438. The molecule has 2 aliphatic heterocycles. The van der Waals surface area contributed by atoms with Crippen molar-refractivity contribution in [2.24, 2.45) is 0 Å². The fourth-order valence-electron chi connectivity index (χ4n) is 3.16. The fraction of sp³-hybridized carbons (Fsp3) is 0.625. The predicted molar refractivity (Wildman–Crippen MR) is 77.2 cm³/mol. The summed E-state index contributed by atoms with van der Waals surface area (Å²) >= 11 is 0. The zero-order chi connectivity index (χ0) is 13.1. The van der Waals surface area contributed by atoms with Crippen molar-refractivity contribution in [2.75, 3.05) is 19.8 Å². The Morgan fingerprint density at radius 3 is 3.21 bits per heavy atom. The van der Waals surface area contributed by atoms with E-state index in [1.165, 1.54) is 24.0 Å². The van der Waals surface area contributed by atoms with Gasteiger partial charge in [-0.1, -0.05) is 18.2 Å². The highest BCUT2D eigenvalue weighted by Gasteiger charge is 2.27. The van der Waals surface area contributed by atoms with Crippen LogP contribution in [0.15, 0.2) is 18.2 Å². The van der Waals surface area contributed by atoms with Gasteiger partial charge in [0.2, 0.25) is 0 Å². The van der Waals surface area contributed by atoms with Crippen LogP contribution < -0.4 is 10.6 Å². The van der Waals surface area contributed by atoms with E-state index in [0.717, 1.165) is 39.3 Å². The maximum atomic E-state index is 5.61. The molecule has 2 N–H and O–H groups in total. The molecule has 19 heavy (non-hydrogen) atoms. The number of rotatable bonds is 3. The van der Waals surface area contributed by atoms with Crippen molar-refractivity contribution < 1.29 is 4.74 Å². The van der Waals surface area contributed by atoms with Crippen LogP contribution in [0, 0.1) is 0 Å². The van der Waals surface area contributed by atoms with Crippen molar-refractivity contribution in [1.82, 2.24) is 10.6 Å². The second kappa shape index (κ2) is 5.61. The molecule has 2 heterocycles. The van der Waals surface area contributed by atoms with Gasteiger partial charge in [-0.15, -0.1) is 0 Å². The van der Waals surface area contributed by atoms with Crippen LogP contribution in [0.2, 0.25) is 0 Å². The normalized spacial score (nSPS) is 27.0. The first-order valence-electron chi connectivity index (χ1n) is 7.40. The molecular formula is C16H24N2O. The van der Waals surface area contributed by atoms with Gasteiger partial charge < -0.3 is 15.4 Å². The van der Waals surface area contributed by atoms with Crippen LogP contribution in [0.4, 0.5) is 0 Å². The minimum Gasteiger partial charge on any atom is -0.380 e. The van der Waals surface area contributed by atoms with Crippen LogP contribution in [0.3, 0.4) is 0 Å². The Labute approximate surface area is 115 Å². The molecule has 0 radical (unpaired) electrons. The highest BCUT2D eigenvalue weighted by atomic mass is 16.5. The standard InChI is InChI=1S/C16H24N2O/c1-16(7-3-9-19-12-16)18-11-14-5-2-4-13-10-17-8-6-15(13)14/h2,4-5,17-18H,3,6-12H2,1H3. The van der Waals surface area contributed by atoms with Crippen LogP contribution in [-0.2, 0) is 24.2 Å². The summed E-state index contributed by atoms with van der Waals surface area (Å²) in [7, 11) is 0. The number of ether oxygens (including phenoxy) is 1. The summed E-state index contributed by atoms with van der Waals surface area (Å²) in [6.07, 6.45) is 3.53. The molecule has 1 fully saturated rings. The molecule has 0 bridgehead atoms. The first-order chi connectivity index (χ1) is 9.27. The largest absolute Gasteiger partial charge is 0.380 e. The van der Waals surface area contributed by atoms with E-state index in [9.17, 15) is 0 Å². The van der Waals surface area contributed by atoms with Crippen LogP contribution >= 0.6 is 0 Å². The summed E-state index contributed by atoms with van der Waals surface area (Å²) in [5.41, 5.74) is 4.63.